The number of nitrogens with one attached hydrogen (secondary N) is 1. The second-order valence-corrected chi connectivity index (χ2v) is 4.98. The van der Waals surface area contributed by atoms with Crippen molar-refractivity contribution in [3.05, 3.63) is 0 Å². The molecule has 0 saturated carbocycles. The van der Waals surface area contributed by atoms with E-state index in [-0.39, 0.29) is 13.3 Å². The zero-order valence-corrected chi connectivity index (χ0v) is 10.3. The summed E-state index contributed by atoms with van der Waals surface area (Å²) >= 11 is 0. The van der Waals surface area contributed by atoms with Crippen LogP contribution in [0.5, 0.6) is 0 Å². The highest BCUT2D eigenvalue weighted by Gasteiger charge is 2.16. The number of carbonyl (C=O) groups excluding carboxylic acids is 1. The summed E-state index contributed by atoms with van der Waals surface area (Å²) in [6.07, 6.45) is 3.72. The molecule has 1 rings (SSSR count). The molecule has 0 unspecified atom stereocenters. The van der Waals surface area contributed by atoms with Gasteiger partial charge >= 0.3 is 0 Å². The van der Waals surface area contributed by atoms with Gasteiger partial charge in [-0.2, -0.15) is 0 Å². The maximum Gasteiger partial charge on any atom is 0.222 e. The summed E-state index contributed by atoms with van der Waals surface area (Å²) in [5, 5.41) is 2.99. The fourth-order valence-electron chi connectivity index (χ4n) is 1.95. The van der Waals surface area contributed by atoms with Crippen LogP contribution in [0.4, 0.5) is 0 Å². The van der Waals surface area contributed by atoms with Gasteiger partial charge in [0.05, 0.1) is 0 Å². The van der Waals surface area contributed by atoms with E-state index in [2.05, 4.69) is 17.3 Å². The average Bonchev–Trinajstić information content (AvgIpc) is 2.20. The lowest BCUT2D eigenvalue weighted by Gasteiger charge is -2.28. The Morgan fingerprint density at radius 1 is 1.47 bits per heavy atom. The number of amides is 1. The lowest BCUT2D eigenvalue weighted by atomic mass is 9.94. The molecule has 1 saturated heterocycles. The molecule has 0 atom stereocenters. The number of hydrogen-bond donors (Lipinski definition) is 1. The van der Waals surface area contributed by atoms with Crippen molar-refractivity contribution in [2.45, 2.75) is 33.1 Å². The summed E-state index contributed by atoms with van der Waals surface area (Å²) in [5.74, 6) is 1.11. The summed E-state index contributed by atoms with van der Waals surface area (Å²) in [5.41, 5.74) is 0. The van der Waals surface area contributed by atoms with E-state index in [1.54, 1.807) is 0 Å². The molecular weight excluding hydrogens is 188 g/mol. The van der Waals surface area contributed by atoms with Crippen molar-refractivity contribution in [2.24, 2.45) is 11.8 Å². The fourth-order valence-corrected chi connectivity index (χ4v) is 1.95. The predicted octanol–water partition coefficient (Wildman–Crippen LogP) is 1.74. The van der Waals surface area contributed by atoms with Crippen molar-refractivity contribution in [3.63, 3.8) is 0 Å². The summed E-state index contributed by atoms with van der Waals surface area (Å²) in [7, 11) is 2.18. The fraction of sp³-hybridized carbons (Fsp3) is 0.917. The average molecular weight is 214 g/mol. The molecule has 0 aromatic rings. The summed E-state index contributed by atoms with van der Waals surface area (Å²) in [4.78, 5) is 13.7. The zero-order chi connectivity index (χ0) is 11.3. The summed E-state index contributed by atoms with van der Waals surface area (Å²) < 4.78 is 0. The van der Waals surface area contributed by atoms with Crippen molar-refractivity contribution in [1.29, 1.82) is 0 Å². The van der Waals surface area contributed by atoms with Crippen LogP contribution in [0, 0.1) is 11.8 Å². The van der Waals surface area contributed by atoms with Gasteiger partial charge in [-0.3, -0.25) is 4.79 Å². The maximum atomic E-state index is 11.3. The van der Waals surface area contributed by atoms with Gasteiger partial charge in [0.15, 0.2) is 0 Å². The van der Waals surface area contributed by atoms with Gasteiger partial charge in [-0.15, -0.1) is 0 Å². The molecule has 0 aromatic carbocycles. The van der Waals surface area contributed by atoms with Crippen LogP contribution in [0.15, 0.2) is 0 Å². The van der Waals surface area contributed by atoms with Gasteiger partial charge in [-0.25, -0.2) is 0 Å². The molecule has 0 aromatic heterocycles. The molecule has 0 aliphatic carbocycles. The van der Waals surface area contributed by atoms with Crippen molar-refractivity contribution in [1.82, 2.24) is 10.2 Å². The molecule has 1 amide bonds. The molecule has 0 radical (unpaired) electrons. The second-order valence-electron chi connectivity index (χ2n) is 4.98. The Morgan fingerprint density at radius 2 is 2.07 bits per heavy atom. The third-order valence-corrected chi connectivity index (χ3v) is 3.21. The van der Waals surface area contributed by atoms with Crippen LogP contribution in [0.2, 0.25) is 0 Å². The molecule has 1 fully saturated rings. The Bertz CT molecular complexity index is 201. The van der Waals surface area contributed by atoms with Crippen LogP contribution in [0.25, 0.3) is 0 Å². The normalized spacial score (nSPS) is 19.5. The Kier molecular flexibility index (Phi) is 5.09. The lowest BCUT2D eigenvalue weighted by Crippen LogP contribution is -2.33. The van der Waals surface area contributed by atoms with Crippen LogP contribution < -0.4 is 5.32 Å². The molecule has 15 heavy (non-hydrogen) atoms. The van der Waals surface area contributed by atoms with Gasteiger partial charge in [0.2, 0.25) is 5.91 Å². The van der Waals surface area contributed by atoms with Crippen molar-refractivity contribution in [3.8, 4) is 0 Å². The molecule has 0 bridgehead atoms. The Morgan fingerprint density at radius 3 is 2.60 bits per heavy atom. The first-order chi connectivity index (χ1) is 7.09. The first kappa shape index (κ1) is 12.5. The quantitative estimate of drug-likeness (QED) is 0.773. The number of piperidine rings is 1. The third kappa shape index (κ3) is 4.65. The smallest absolute Gasteiger partial charge is 0.222 e. The van der Waals surface area contributed by atoms with Crippen molar-refractivity contribution < 1.29 is 6.22 Å². The van der Waals surface area contributed by atoms with Gasteiger partial charge in [-0.1, -0.05) is 13.8 Å². The van der Waals surface area contributed by atoms with Crippen LogP contribution in [-0.4, -0.2) is 37.5 Å². The molecule has 1 N–H and O–H groups in total. The van der Waals surface area contributed by atoms with Crippen LogP contribution in [-0.2, 0) is 4.79 Å². The molecule has 3 heteroatoms. The first-order valence-electron chi connectivity index (χ1n) is 6.06. The van der Waals surface area contributed by atoms with Gasteiger partial charge in [0, 0.05) is 13.9 Å². The Balaban J connectivity index is 0.00000225. The van der Waals surface area contributed by atoms with Crippen LogP contribution in [0.3, 0.4) is 0 Å². The maximum absolute atomic E-state index is 11.3. The molecular formula is C12H26N2O. The summed E-state index contributed by atoms with van der Waals surface area (Å²) in [6.45, 7) is 7.15. The number of rotatable bonds is 4. The molecule has 1 heterocycles. The van der Waals surface area contributed by atoms with E-state index in [0.29, 0.717) is 0 Å². The number of hydrogen-bond acceptors (Lipinski definition) is 2. The minimum Gasteiger partial charge on any atom is -0.356 e. The van der Waals surface area contributed by atoms with Crippen molar-refractivity contribution in [2.75, 3.05) is 26.7 Å². The standard InChI is InChI=1S/C12H24N2O.H2/c1-10(2)12(15)13-7-4-11-5-8-14(3)9-6-11;/h10-11H,4-9H2,1-3H3,(H,13,15);1H. The van der Waals surface area contributed by atoms with E-state index in [4.69, 9.17) is 0 Å². The predicted molar refractivity (Wildman–Crippen MR) is 64.8 cm³/mol. The molecule has 3 nitrogen and oxygen atoms in total. The number of likely N-dealkylation sites (tertiary alicyclic amines) is 1. The number of carbonyl (C=O) groups is 1. The summed E-state index contributed by atoms with van der Waals surface area (Å²) in [6, 6.07) is 0. The molecule has 1 aliphatic rings. The molecule has 90 valence electrons. The van der Waals surface area contributed by atoms with E-state index in [9.17, 15) is 4.79 Å². The van der Waals surface area contributed by atoms with E-state index >= 15 is 0 Å². The highest BCUT2D eigenvalue weighted by molar-refractivity contribution is 5.77. The van der Waals surface area contributed by atoms with Gasteiger partial charge < -0.3 is 10.2 Å². The largest absolute Gasteiger partial charge is 0.356 e. The van der Waals surface area contributed by atoms with Crippen LogP contribution >= 0.6 is 0 Å². The minimum absolute atomic E-state index is 0. The van der Waals surface area contributed by atoms with Gasteiger partial charge in [-0.05, 0) is 45.3 Å². The monoisotopic (exact) mass is 214 g/mol. The van der Waals surface area contributed by atoms with E-state index < -0.39 is 0 Å². The lowest BCUT2D eigenvalue weighted by molar-refractivity contribution is -0.124. The van der Waals surface area contributed by atoms with Crippen molar-refractivity contribution >= 4 is 5.91 Å². The molecule has 0 spiro atoms. The highest BCUT2D eigenvalue weighted by Crippen LogP contribution is 2.18. The third-order valence-electron chi connectivity index (χ3n) is 3.21. The van der Waals surface area contributed by atoms with Crippen LogP contribution in [0.1, 0.15) is 34.5 Å². The van der Waals surface area contributed by atoms with Gasteiger partial charge in [0.1, 0.15) is 0 Å². The zero-order valence-electron chi connectivity index (χ0n) is 10.3. The highest BCUT2D eigenvalue weighted by atomic mass is 16.1. The van der Waals surface area contributed by atoms with E-state index in [0.717, 1.165) is 18.9 Å². The number of nitrogens with zero attached hydrogens (tertiary/aromatic N) is 1. The molecule has 1 aliphatic heterocycles. The van der Waals surface area contributed by atoms with E-state index in [1.807, 2.05) is 13.8 Å². The Labute approximate surface area is 94.7 Å². The first-order valence-corrected chi connectivity index (χ1v) is 6.06. The minimum atomic E-state index is 0. The second kappa shape index (κ2) is 6.11. The topological polar surface area (TPSA) is 32.3 Å². The SMILES string of the molecule is CC(C)C(=O)NCCC1CCN(C)CC1.[HH]. The van der Waals surface area contributed by atoms with Gasteiger partial charge in [0.25, 0.3) is 0 Å². The Hall–Kier alpha value is -0.570. The van der Waals surface area contributed by atoms with E-state index in [1.165, 1.54) is 25.9 Å².